The Labute approximate surface area is 102 Å². The molecule has 1 aromatic rings. The van der Waals surface area contributed by atoms with Crippen LogP contribution in [-0.2, 0) is 6.18 Å². The number of halogens is 5. The van der Waals surface area contributed by atoms with Crippen LogP contribution in [0.25, 0.3) is 0 Å². The second kappa shape index (κ2) is 4.74. The van der Waals surface area contributed by atoms with Crippen molar-refractivity contribution in [3.8, 4) is 5.75 Å². The summed E-state index contributed by atoms with van der Waals surface area (Å²) in [4.78, 5) is 0. The van der Waals surface area contributed by atoms with Crippen LogP contribution in [0.15, 0.2) is 21.1 Å². The molecule has 0 unspecified atom stereocenters. The average Bonchev–Trinajstić information content (AvgIpc) is 2.09. The highest BCUT2D eigenvalue weighted by molar-refractivity contribution is 9.13. The monoisotopic (exact) mass is 346 g/mol. The van der Waals surface area contributed by atoms with Crippen molar-refractivity contribution >= 4 is 31.9 Å². The molecule has 0 spiro atoms. The topological polar surface area (TPSA) is 9.23 Å². The number of ether oxygens (including phenoxy) is 1. The number of rotatable bonds is 2. The molecule has 0 aliphatic carbocycles. The molecule has 0 N–H and O–H groups in total. The van der Waals surface area contributed by atoms with Gasteiger partial charge in [-0.2, -0.15) is 13.2 Å². The van der Waals surface area contributed by atoms with Crippen LogP contribution in [0.2, 0.25) is 0 Å². The van der Waals surface area contributed by atoms with Gasteiger partial charge in [0.15, 0.2) is 0 Å². The fraction of sp³-hybridized carbons (Fsp3) is 0.333. The second-order valence-electron chi connectivity index (χ2n) is 2.70. The van der Waals surface area contributed by atoms with E-state index in [1.807, 2.05) is 0 Å². The predicted octanol–water partition coefficient (Wildman–Crippen LogP) is 4.63. The fourth-order valence-electron chi connectivity index (χ4n) is 1.02. The van der Waals surface area contributed by atoms with E-state index in [1.165, 1.54) is 6.07 Å². The third-order valence-corrected chi connectivity index (χ3v) is 3.63. The van der Waals surface area contributed by atoms with Crippen LogP contribution < -0.4 is 4.74 Å². The lowest BCUT2D eigenvalue weighted by molar-refractivity contribution is -0.138. The number of alkyl halides is 3. The highest BCUT2D eigenvalue weighted by atomic mass is 79.9. The molecule has 0 aliphatic rings. The van der Waals surface area contributed by atoms with Crippen molar-refractivity contribution in [1.29, 1.82) is 0 Å². The quantitative estimate of drug-likeness (QED) is 0.758. The number of benzene rings is 1. The van der Waals surface area contributed by atoms with Crippen molar-refractivity contribution in [2.75, 3.05) is 6.61 Å². The van der Waals surface area contributed by atoms with E-state index in [9.17, 15) is 13.2 Å². The molecule has 1 rings (SSSR count). The van der Waals surface area contributed by atoms with Crippen LogP contribution in [0.5, 0.6) is 5.75 Å². The molecule has 0 fully saturated rings. The van der Waals surface area contributed by atoms with Crippen LogP contribution in [0, 0.1) is 0 Å². The molecule has 0 amide bonds. The van der Waals surface area contributed by atoms with Gasteiger partial charge in [0.05, 0.1) is 12.2 Å². The lowest BCUT2D eigenvalue weighted by Crippen LogP contribution is -2.07. The zero-order valence-electron chi connectivity index (χ0n) is 7.66. The molecule has 1 aromatic carbocycles. The third-order valence-electron chi connectivity index (χ3n) is 1.62. The maximum Gasteiger partial charge on any atom is 0.417 e. The summed E-state index contributed by atoms with van der Waals surface area (Å²) in [6.45, 7) is 2.04. The van der Waals surface area contributed by atoms with E-state index in [0.29, 0.717) is 11.1 Å². The first-order chi connectivity index (χ1) is 6.86. The van der Waals surface area contributed by atoms with Crippen molar-refractivity contribution in [1.82, 2.24) is 0 Å². The van der Waals surface area contributed by atoms with Gasteiger partial charge in [0.25, 0.3) is 0 Å². The third kappa shape index (κ3) is 3.11. The van der Waals surface area contributed by atoms with Gasteiger partial charge in [-0.05, 0) is 50.9 Å². The molecule has 0 aliphatic heterocycles. The summed E-state index contributed by atoms with van der Waals surface area (Å²) in [5.41, 5.74) is -0.750. The Morgan fingerprint density at radius 3 is 2.33 bits per heavy atom. The van der Waals surface area contributed by atoms with Crippen molar-refractivity contribution in [2.45, 2.75) is 13.1 Å². The number of hydrogen-bond acceptors (Lipinski definition) is 1. The summed E-state index contributed by atoms with van der Waals surface area (Å²) in [6, 6.07) is 2.46. The van der Waals surface area contributed by atoms with E-state index in [2.05, 4.69) is 31.9 Å². The molecule has 0 atom stereocenters. The Balaban J connectivity index is 3.25. The molecular weight excluding hydrogens is 341 g/mol. The Morgan fingerprint density at radius 1 is 1.27 bits per heavy atom. The first-order valence-electron chi connectivity index (χ1n) is 4.05. The lowest BCUT2D eigenvalue weighted by Gasteiger charge is -2.12. The molecule has 0 bridgehead atoms. The van der Waals surface area contributed by atoms with Gasteiger partial charge in [0.1, 0.15) is 5.75 Å². The summed E-state index contributed by atoms with van der Waals surface area (Å²) in [5.74, 6) is 0.194. The SMILES string of the molecule is CCOc1cc(Br)c(Br)c(C(F)(F)F)c1. The molecule has 0 aromatic heterocycles. The fourth-order valence-corrected chi connectivity index (χ4v) is 1.91. The molecule has 6 heteroatoms. The van der Waals surface area contributed by atoms with E-state index in [4.69, 9.17) is 4.74 Å². The zero-order valence-corrected chi connectivity index (χ0v) is 10.8. The van der Waals surface area contributed by atoms with Crippen molar-refractivity contribution < 1.29 is 17.9 Å². The van der Waals surface area contributed by atoms with Crippen LogP contribution in [0.4, 0.5) is 13.2 Å². The van der Waals surface area contributed by atoms with Gasteiger partial charge in [-0.3, -0.25) is 0 Å². The zero-order chi connectivity index (χ0) is 11.6. The van der Waals surface area contributed by atoms with E-state index in [1.54, 1.807) is 6.92 Å². The summed E-state index contributed by atoms with van der Waals surface area (Å²) in [7, 11) is 0. The van der Waals surface area contributed by atoms with E-state index in [0.717, 1.165) is 6.07 Å². The lowest BCUT2D eigenvalue weighted by atomic mass is 10.2. The molecule has 84 valence electrons. The van der Waals surface area contributed by atoms with Crippen molar-refractivity contribution in [3.63, 3.8) is 0 Å². The first kappa shape index (κ1) is 12.8. The van der Waals surface area contributed by atoms with Crippen LogP contribution >= 0.6 is 31.9 Å². The van der Waals surface area contributed by atoms with Crippen LogP contribution in [0.3, 0.4) is 0 Å². The summed E-state index contributed by atoms with van der Waals surface area (Å²) < 4.78 is 43.0. The molecule has 0 saturated heterocycles. The number of hydrogen-bond donors (Lipinski definition) is 0. The maximum atomic E-state index is 12.5. The van der Waals surface area contributed by atoms with Crippen molar-refractivity contribution in [2.24, 2.45) is 0 Å². The molecule has 1 nitrogen and oxygen atoms in total. The molecule has 15 heavy (non-hydrogen) atoms. The van der Waals surface area contributed by atoms with Crippen LogP contribution in [0.1, 0.15) is 12.5 Å². The summed E-state index contributed by atoms with van der Waals surface area (Å²) >= 11 is 5.91. The second-order valence-corrected chi connectivity index (χ2v) is 4.34. The van der Waals surface area contributed by atoms with Gasteiger partial charge in [-0.25, -0.2) is 0 Å². The van der Waals surface area contributed by atoms with Gasteiger partial charge < -0.3 is 4.74 Å². The normalized spacial score (nSPS) is 11.6. The van der Waals surface area contributed by atoms with Gasteiger partial charge in [-0.1, -0.05) is 0 Å². The standard InChI is InChI=1S/C9H7Br2F3O/c1-2-15-5-3-6(9(12,13)14)8(11)7(10)4-5/h3-4H,2H2,1H3. The highest BCUT2D eigenvalue weighted by Gasteiger charge is 2.34. The molecule has 0 heterocycles. The summed E-state index contributed by atoms with van der Waals surface area (Å²) in [6.07, 6.45) is -4.39. The minimum atomic E-state index is -4.39. The van der Waals surface area contributed by atoms with Crippen LogP contribution in [-0.4, -0.2) is 6.61 Å². The highest BCUT2D eigenvalue weighted by Crippen LogP contribution is 2.40. The van der Waals surface area contributed by atoms with E-state index >= 15 is 0 Å². The predicted molar refractivity (Wildman–Crippen MR) is 58.0 cm³/mol. The molecular formula is C9H7Br2F3O. The smallest absolute Gasteiger partial charge is 0.417 e. The first-order valence-corrected chi connectivity index (χ1v) is 5.64. The summed E-state index contributed by atoms with van der Waals surface area (Å²) in [5, 5.41) is 0. The van der Waals surface area contributed by atoms with Gasteiger partial charge in [0, 0.05) is 8.95 Å². The van der Waals surface area contributed by atoms with E-state index in [-0.39, 0.29) is 10.2 Å². The maximum absolute atomic E-state index is 12.5. The Hall–Kier alpha value is -0.230. The molecule has 0 saturated carbocycles. The minimum absolute atomic E-state index is 0.0153. The Kier molecular flexibility index (Phi) is 4.06. The Morgan fingerprint density at radius 2 is 1.87 bits per heavy atom. The van der Waals surface area contributed by atoms with Crippen molar-refractivity contribution in [3.05, 3.63) is 26.6 Å². The van der Waals surface area contributed by atoms with Gasteiger partial charge in [-0.15, -0.1) is 0 Å². The molecule has 0 radical (unpaired) electrons. The Bertz CT molecular complexity index is 363. The van der Waals surface area contributed by atoms with E-state index < -0.39 is 11.7 Å². The van der Waals surface area contributed by atoms with Gasteiger partial charge >= 0.3 is 6.18 Å². The average molecular weight is 348 g/mol. The largest absolute Gasteiger partial charge is 0.494 e. The minimum Gasteiger partial charge on any atom is -0.494 e. The van der Waals surface area contributed by atoms with Gasteiger partial charge in [0.2, 0.25) is 0 Å².